The van der Waals surface area contributed by atoms with Gasteiger partial charge < -0.3 is 15.5 Å². The maximum Gasteiger partial charge on any atom is 0.321 e. The largest absolute Gasteiger partial charge is 0.359 e. The van der Waals surface area contributed by atoms with Crippen molar-refractivity contribution in [3.05, 3.63) is 41.4 Å². The standard InChI is InChI=1S/C16H20N4OS/c1-12-11-22-15(17-12)18-14-7-9-20(10-8-14)16(21)19-13-5-3-2-4-6-13/h2-6,11,14H,7-10H2,1H3,(H,17,18)(H,19,21). The number of carbonyl (C=O) groups excluding carboxylic acids is 1. The summed E-state index contributed by atoms with van der Waals surface area (Å²) in [7, 11) is 0. The van der Waals surface area contributed by atoms with Gasteiger partial charge in [0.25, 0.3) is 0 Å². The summed E-state index contributed by atoms with van der Waals surface area (Å²) in [6.45, 7) is 3.53. The third-order valence-corrected chi connectivity index (χ3v) is 4.65. The first-order valence-electron chi connectivity index (χ1n) is 7.50. The first kappa shape index (κ1) is 14.8. The molecule has 0 spiro atoms. The third kappa shape index (κ3) is 3.76. The normalized spacial score (nSPS) is 15.6. The van der Waals surface area contributed by atoms with Gasteiger partial charge in [-0.25, -0.2) is 9.78 Å². The fourth-order valence-corrected chi connectivity index (χ4v) is 3.31. The van der Waals surface area contributed by atoms with Gasteiger partial charge in [0.05, 0.1) is 5.69 Å². The Bertz CT molecular complexity index is 620. The molecule has 1 aromatic heterocycles. The summed E-state index contributed by atoms with van der Waals surface area (Å²) in [5, 5.41) is 9.42. The molecule has 5 nitrogen and oxygen atoms in total. The topological polar surface area (TPSA) is 57.3 Å². The van der Waals surface area contributed by atoms with Crippen molar-refractivity contribution in [2.75, 3.05) is 23.7 Å². The number of para-hydroxylation sites is 1. The van der Waals surface area contributed by atoms with E-state index in [1.165, 1.54) is 0 Å². The van der Waals surface area contributed by atoms with E-state index >= 15 is 0 Å². The van der Waals surface area contributed by atoms with Gasteiger partial charge in [-0.2, -0.15) is 0 Å². The predicted molar refractivity (Wildman–Crippen MR) is 90.5 cm³/mol. The molecule has 22 heavy (non-hydrogen) atoms. The van der Waals surface area contributed by atoms with E-state index in [9.17, 15) is 4.79 Å². The smallest absolute Gasteiger partial charge is 0.321 e. The van der Waals surface area contributed by atoms with Crippen LogP contribution in [-0.4, -0.2) is 35.0 Å². The lowest BCUT2D eigenvalue weighted by molar-refractivity contribution is 0.197. The molecule has 0 unspecified atom stereocenters. The lowest BCUT2D eigenvalue weighted by atomic mass is 10.1. The Morgan fingerprint density at radius 2 is 2.00 bits per heavy atom. The van der Waals surface area contributed by atoms with Crippen molar-refractivity contribution < 1.29 is 4.79 Å². The van der Waals surface area contributed by atoms with Crippen molar-refractivity contribution in [3.8, 4) is 0 Å². The van der Waals surface area contributed by atoms with Crippen LogP contribution in [0.15, 0.2) is 35.7 Å². The molecular weight excluding hydrogens is 296 g/mol. The summed E-state index contributed by atoms with van der Waals surface area (Å²) in [6, 6.07) is 9.95. The summed E-state index contributed by atoms with van der Waals surface area (Å²) in [4.78, 5) is 18.5. The first-order valence-corrected chi connectivity index (χ1v) is 8.38. The number of thiazole rings is 1. The molecule has 0 saturated carbocycles. The highest BCUT2D eigenvalue weighted by Crippen LogP contribution is 2.20. The molecule has 3 rings (SSSR count). The van der Waals surface area contributed by atoms with Gasteiger partial charge in [-0.15, -0.1) is 11.3 Å². The van der Waals surface area contributed by atoms with Crippen LogP contribution in [0, 0.1) is 6.92 Å². The highest BCUT2D eigenvalue weighted by atomic mass is 32.1. The molecular formula is C16H20N4OS. The zero-order chi connectivity index (χ0) is 15.4. The van der Waals surface area contributed by atoms with E-state index in [1.807, 2.05) is 47.5 Å². The average Bonchev–Trinajstić information content (AvgIpc) is 2.94. The van der Waals surface area contributed by atoms with E-state index in [1.54, 1.807) is 11.3 Å². The van der Waals surface area contributed by atoms with Crippen molar-refractivity contribution in [2.24, 2.45) is 0 Å². The van der Waals surface area contributed by atoms with Crippen LogP contribution in [-0.2, 0) is 0 Å². The van der Waals surface area contributed by atoms with Gasteiger partial charge in [-0.05, 0) is 31.9 Å². The molecule has 0 bridgehead atoms. The molecule has 0 atom stereocenters. The number of anilines is 2. The molecule has 1 aliphatic heterocycles. The van der Waals surface area contributed by atoms with Gasteiger partial charge in [0.1, 0.15) is 0 Å². The van der Waals surface area contributed by atoms with Crippen molar-refractivity contribution in [2.45, 2.75) is 25.8 Å². The Kier molecular flexibility index (Phi) is 4.58. The zero-order valence-corrected chi connectivity index (χ0v) is 13.4. The number of aromatic nitrogens is 1. The second-order valence-electron chi connectivity index (χ2n) is 5.50. The van der Waals surface area contributed by atoms with Crippen LogP contribution in [0.2, 0.25) is 0 Å². The monoisotopic (exact) mass is 316 g/mol. The number of nitrogens with one attached hydrogen (secondary N) is 2. The number of likely N-dealkylation sites (tertiary alicyclic amines) is 1. The fraction of sp³-hybridized carbons (Fsp3) is 0.375. The van der Waals surface area contributed by atoms with E-state index in [4.69, 9.17) is 0 Å². The Morgan fingerprint density at radius 1 is 1.27 bits per heavy atom. The summed E-state index contributed by atoms with van der Waals surface area (Å²) in [5.41, 5.74) is 1.89. The van der Waals surface area contributed by atoms with E-state index < -0.39 is 0 Å². The van der Waals surface area contributed by atoms with E-state index in [0.717, 1.165) is 42.4 Å². The first-order chi connectivity index (χ1) is 10.7. The molecule has 1 aliphatic rings. The summed E-state index contributed by atoms with van der Waals surface area (Å²) >= 11 is 1.64. The molecule has 1 saturated heterocycles. The minimum atomic E-state index is -0.0188. The van der Waals surface area contributed by atoms with Gasteiger partial charge in [-0.3, -0.25) is 0 Å². The number of amides is 2. The molecule has 2 heterocycles. The average molecular weight is 316 g/mol. The van der Waals surface area contributed by atoms with Crippen LogP contribution in [0.1, 0.15) is 18.5 Å². The zero-order valence-electron chi connectivity index (χ0n) is 12.6. The van der Waals surface area contributed by atoms with Crippen LogP contribution in [0.5, 0.6) is 0 Å². The van der Waals surface area contributed by atoms with Gasteiger partial charge in [-0.1, -0.05) is 18.2 Å². The quantitative estimate of drug-likeness (QED) is 0.910. The maximum atomic E-state index is 12.2. The molecule has 0 aliphatic carbocycles. The molecule has 1 fully saturated rings. The van der Waals surface area contributed by atoms with Gasteiger partial charge in [0.2, 0.25) is 0 Å². The van der Waals surface area contributed by atoms with Gasteiger partial charge in [0.15, 0.2) is 5.13 Å². The molecule has 2 amide bonds. The van der Waals surface area contributed by atoms with Crippen LogP contribution in [0.25, 0.3) is 0 Å². The Morgan fingerprint density at radius 3 is 2.64 bits per heavy atom. The minimum Gasteiger partial charge on any atom is -0.359 e. The highest BCUT2D eigenvalue weighted by molar-refractivity contribution is 7.13. The molecule has 1 aromatic carbocycles. The van der Waals surface area contributed by atoms with Crippen molar-refractivity contribution >= 4 is 28.2 Å². The molecule has 6 heteroatoms. The van der Waals surface area contributed by atoms with Crippen LogP contribution in [0.3, 0.4) is 0 Å². The van der Waals surface area contributed by atoms with E-state index in [0.29, 0.717) is 6.04 Å². The predicted octanol–water partition coefficient (Wildman–Crippen LogP) is 3.56. The van der Waals surface area contributed by atoms with Gasteiger partial charge >= 0.3 is 6.03 Å². The van der Waals surface area contributed by atoms with Crippen LogP contribution >= 0.6 is 11.3 Å². The number of nitrogens with zero attached hydrogens (tertiary/aromatic N) is 2. The number of urea groups is 1. The molecule has 2 N–H and O–H groups in total. The number of rotatable bonds is 3. The third-order valence-electron chi connectivity index (χ3n) is 3.75. The molecule has 116 valence electrons. The number of aryl methyl sites for hydroxylation is 1. The second-order valence-corrected chi connectivity index (χ2v) is 6.35. The van der Waals surface area contributed by atoms with Crippen LogP contribution < -0.4 is 10.6 Å². The summed E-state index contributed by atoms with van der Waals surface area (Å²) < 4.78 is 0. The second kappa shape index (κ2) is 6.79. The summed E-state index contributed by atoms with van der Waals surface area (Å²) in [5.74, 6) is 0. The minimum absolute atomic E-state index is 0.0188. The Labute approximate surface area is 134 Å². The molecule has 2 aromatic rings. The van der Waals surface area contributed by atoms with Crippen molar-refractivity contribution in [3.63, 3.8) is 0 Å². The number of hydrogen-bond donors (Lipinski definition) is 2. The number of hydrogen-bond acceptors (Lipinski definition) is 4. The van der Waals surface area contributed by atoms with E-state index in [-0.39, 0.29) is 6.03 Å². The Hall–Kier alpha value is -2.08. The lowest BCUT2D eigenvalue weighted by Gasteiger charge is -2.32. The Balaban J connectivity index is 1.48. The number of piperidine rings is 1. The maximum absolute atomic E-state index is 12.2. The SMILES string of the molecule is Cc1csc(NC2CCN(C(=O)Nc3ccccc3)CC2)n1. The highest BCUT2D eigenvalue weighted by Gasteiger charge is 2.23. The van der Waals surface area contributed by atoms with Gasteiger partial charge in [0, 0.05) is 30.2 Å². The number of benzene rings is 1. The summed E-state index contributed by atoms with van der Waals surface area (Å²) in [6.07, 6.45) is 1.89. The fourth-order valence-electron chi connectivity index (χ4n) is 2.55. The van der Waals surface area contributed by atoms with Crippen LogP contribution in [0.4, 0.5) is 15.6 Å². The number of carbonyl (C=O) groups is 1. The van der Waals surface area contributed by atoms with Crippen molar-refractivity contribution in [1.29, 1.82) is 0 Å². The molecule has 0 radical (unpaired) electrons. The lowest BCUT2D eigenvalue weighted by Crippen LogP contribution is -2.44. The van der Waals surface area contributed by atoms with Crippen molar-refractivity contribution in [1.82, 2.24) is 9.88 Å². The van der Waals surface area contributed by atoms with E-state index in [2.05, 4.69) is 15.6 Å².